The summed E-state index contributed by atoms with van der Waals surface area (Å²) in [5.41, 5.74) is 1.22. The molecule has 23 heavy (non-hydrogen) atoms. The summed E-state index contributed by atoms with van der Waals surface area (Å²) in [5.74, 6) is 1.09. The van der Waals surface area contributed by atoms with Crippen LogP contribution in [0.15, 0.2) is 29.2 Å². The molecular formula is C18H28N2O2S. The van der Waals surface area contributed by atoms with Crippen molar-refractivity contribution in [3.8, 4) is 0 Å². The van der Waals surface area contributed by atoms with Crippen LogP contribution in [-0.4, -0.2) is 55.4 Å². The van der Waals surface area contributed by atoms with E-state index in [1.54, 1.807) is 11.8 Å². The quantitative estimate of drug-likeness (QED) is 0.777. The molecule has 1 fully saturated rings. The molecule has 1 unspecified atom stereocenters. The van der Waals surface area contributed by atoms with Crippen molar-refractivity contribution in [1.82, 2.24) is 10.2 Å². The van der Waals surface area contributed by atoms with Crippen LogP contribution in [0.3, 0.4) is 0 Å². The van der Waals surface area contributed by atoms with E-state index >= 15 is 0 Å². The van der Waals surface area contributed by atoms with Gasteiger partial charge in [0, 0.05) is 30.6 Å². The highest BCUT2D eigenvalue weighted by Gasteiger charge is 2.24. The van der Waals surface area contributed by atoms with Gasteiger partial charge >= 0.3 is 0 Å². The molecule has 128 valence electrons. The van der Waals surface area contributed by atoms with Gasteiger partial charge in [-0.2, -0.15) is 0 Å². The number of nitrogens with zero attached hydrogens (tertiary/aromatic N) is 1. The number of hydrogen-bond donors (Lipinski definition) is 1. The van der Waals surface area contributed by atoms with Crippen LogP contribution in [0.1, 0.15) is 19.4 Å². The molecule has 0 aliphatic carbocycles. The fourth-order valence-corrected chi connectivity index (χ4v) is 3.69. The van der Waals surface area contributed by atoms with E-state index < -0.39 is 0 Å². The Bertz CT molecular complexity index is 502. The number of carbonyl (C=O) groups excluding carboxylic acids is 1. The predicted molar refractivity (Wildman–Crippen MR) is 95.9 cm³/mol. The molecule has 1 atom stereocenters. The summed E-state index contributed by atoms with van der Waals surface area (Å²) in [6.07, 6.45) is 0. The molecule has 0 bridgehead atoms. The van der Waals surface area contributed by atoms with Crippen molar-refractivity contribution in [3.63, 3.8) is 0 Å². The van der Waals surface area contributed by atoms with Crippen molar-refractivity contribution < 1.29 is 9.53 Å². The molecule has 1 heterocycles. The van der Waals surface area contributed by atoms with Crippen molar-refractivity contribution in [3.05, 3.63) is 29.8 Å². The topological polar surface area (TPSA) is 41.6 Å². The normalized spacial score (nSPS) is 17.2. The van der Waals surface area contributed by atoms with Crippen LogP contribution in [0.2, 0.25) is 0 Å². The van der Waals surface area contributed by atoms with Gasteiger partial charge in [-0.25, -0.2) is 0 Å². The van der Waals surface area contributed by atoms with Crippen molar-refractivity contribution in [2.45, 2.75) is 31.7 Å². The van der Waals surface area contributed by atoms with Gasteiger partial charge in [0.2, 0.25) is 5.91 Å². The average molecular weight is 337 g/mol. The molecule has 5 heteroatoms. The van der Waals surface area contributed by atoms with Gasteiger partial charge in [0.25, 0.3) is 0 Å². The largest absolute Gasteiger partial charge is 0.379 e. The maximum Gasteiger partial charge on any atom is 0.230 e. The Morgan fingerprint density at radius 2 is 2.00 bits per heavy atom. The van der Waals surface area contributed by atoms with Crippen molar-refractivity contribution >= 4 is 17.7 Å². The van der Waals surface area contributed by atoms with Crippen LogP contribution in [0, 0.1) is 12.8 Å². The molecular weight excluding hydrogens is 308 g/mol. The van der Waals surface area contributed by atoms with Gasteiger partial charge in [-0.3, -0.25) is 9.69 Å². The molecule has 1 saturated heterocycles. The molecule has 2 rings (SSSR count). The fraction of sp³-hybridized carbons (Fsp3) is 0.611. The second-order valence-electron chi connectivity index (χ2n) is 6.32. The highest BCUT2D eigenvalue weighted by atomic mass is 32.2. The van der Waals surface area contributed by atoms with Crippen LogP contribution in [0.5, 0.6) is 0 Å². The molecule has 4 nitrogen and oxygen atoms in total. The zero-order valence-corrected chi connectivity index (χ0v) is 15.2. The van der Waals surface area contributed by atoms with Crippen molar-refractivity contribution in [2.75, 3.05) is 38.6 Å². The van der Waals surface area contributed by atoms with Gasteiger partial charge in [-0.05, 0) is 24.5 Å². The van der Waals surface area contributed by atoms with E-state index in [-0.39, 0.29) is 5.91 Å². The molecule has 1 aliphatic rings. The zero-order valence-electron chi connectivity index (χ0n) is 14.4. The molecule has 1 aromatic carbocycles. The number of nitrogens with one attached hydrogen (secondary N) is 1. The molecule has 0 radical (unpaired) electrons. The summed E-state index contributed by atoms with van der Waals surface area (Å²) in [6, 6.07) is 8.56. The van der Waals surface area contributed by atoms with E-state index in [0.29, 0.717) is 24.3 Å². The Kier molecular flexibility index (Phi) is 7.40. The number of benzene rings is 1. The van der Waals surface area contributed by atoms with E-state index in [9.17, 15) is 4.79 Å². The second kappa shape index (κ2) is 9.30. The van der Waals surface area contributed by atoms with Gasteiger partial charge < -0.3 is 10.1 Å². The van der Waals surface area contributed by atoms with Crippen molar-refractivity contribution in [1.29, 1.82) is 0 Å². The second-order valence-corrected chi connectivity index (χ2v) is 7.34. The lowest BCUT2D eigenvalue weighted by Gasteiger charge is -2.36. The Morgan fingerprint density at radius 1 is 1.30 bits per heavy atom. The summed E-state index contributed by atoms with van der Waals surface area (Å²) in [7, 11) is 0. The summed E-state index contributed by atoms with van der Waals surface area (Å²) < 4.78 is 5.42. The van der Waals surface area contributed by atoms with E-state index in [0.717, 1.165) is 26.3 Å². The lowest BCUT2D eigenvalue weighted by atomic mass is 10.0. The van der Waals surface area contributed by atoms with E-state index in [1.165, 1.54) is 10.5 Å². The van der Waals surface area contributed by atoms with E-state index in [4.69, 9.17) is 4.74 Å². The van der Waals surface area contributed by atoms with Crippen LogP contribution in [0.25, 0.3) is 0 Å². The minimum absolute atomic E-state index is 0.108. The maximum atomic E-state index is 12.2. The van der Waals surface area contributed by atoms with Gasteiger partial charge in [-0.1, -0.05) is 32.0 Å². The molecule has 0 saturated carbocycles. The molecule has 1 aromatic rings. The Morgan fingerprint density at radius 3 is 2.65 bits per heavy atom. The number of hydrogen-bond acceptors (Lipinski definition) is 4. The summed E-state index contributed by atoms with van der Waals surface area (Å²) in [5, 5.41) is 3.11. The highest BCUT2D eigenvalue weighted by Crippen LogP contribution is 2.21. The first kappa shape index (κ1) is 18.3. The SMILES string of the molecule is Cc1ccccc1SCC(=O)NCC(C(C)C)N1CCOCC1. The number of ether oxygens (including phenoxy) is 1. The Balaban J connectivity index is 1.78. The van der Waals surface area contributed by atoms with Crippen LogP contribution in [0.4, 0.5) is 0 Å². The number of aryl methyl sites for hydroxylation is 1. The predicted octanol–water partition coefficient (Wildman–Crippen LogP) is 2.56. The van der Waals surface area contributed by atoms with Gasteiger partial charge in [0.1, 0.15) is 0 Å². The van der Waals surface area contributed by atoms with E-state index in [2.05, 4.69) is 43.1 Å². The minimum atomic E-state index is 0.108. The maximum absolute atomic E-state index is 12.2. The van der Waals surface area contributed by atoms with Gasteiger partial charge in [0.15, 0.2) is 0 Å². The first-order chi connectivity index (χ1) is 11.1. The lowest BCUT2D eigenvalue weighted by Crippen LogP contribution is -2.51. The van der Waals surface area contributed by atoms with Crippen molar-refractivity contribution in [2.24, 2.45) is 5.92 Å². The highest BCUT2D eigenvalue weighted by molar-refractivity contribution is 8.00. The molecule has 0 spiro atoms. The summed E-state index contributed by atoms with van der Waals surface area (Å²) in [6.45, 7) is 10.7. The van der Waals surface area contributed by atoms with Crippen LogP contribution in [-0.2, 0) is 9.53 Å². The zero-order chi connectivity index (χ0) is 16.7. The molecule has 0 aromatic heterocycles. The average Bonchev–Trinajstić information content (AvgIpc) is 2.55. The third-order valence-corrected chi connectivity index (χ3v) is 5.42. The number of morpholine rings is 1. The van der Waals surface area contributed by atoms with Gasteiger partial charge in [0.05, 0.1) is 19.0 Å². The summed E-state index contributed by atoms with van der Waals surface area (Å²) >= 11 is 1.61. The number of thioether (sulfide) groups is 1. The number of rotatable bonds is 7. The third-order valence-electron chi connectivity index (χ3n) is 4.24. The van der Waals surface area contributed by atoms with Gasteiger partial charge in [-0.15, -0.1) is 11.8 Å². The summed E-state index contributed by atoms with van der Waals surface area (Å²) in [4.78, 5) is 15.8. The molecule has 1 N–H and O–H groups in total. The first-order valence-corrected chi connectivity index (χ1v) is 9.33. The fourth-order valence-electron chi connectivity index (χ4n) is 2.83. The number of carbonyl (C=O) groups is 1. The first-order valence-electron chi connectivity index (χ1n) is 8.35. The minimum Gasteiger partial charge on any atom is -0.379 e. The van der Waals surface area contributed by atoms with Crippen LogP contribution < -0.4 is 5.32 Å². The standard InChI is InChI=1S/C18H28N2O2S/c1-14(2)16(20-8-10-22-11-9-20)12-19-18(21)13-23-17-7-5-4-6-15(17)3/h4-7,14,16H,8-13H2,1-3H3,(H,19,21). The molecule has 1 amide bonds. The Labute approximate surface area is 144 Å². The third kappa shape index (κ3) is 5.83. The lowest BCUT2D eigenvalue weighted by molar-refractivity contribution is -0.119. The monoisotopic (exact) mass is 336 g/mol. The molecule has 1 aliphatic heterocycles. The van der Waals surface area contributed by atoms with E-state index in [1.807, 2.05) is 12.1 Å². The number of amides is 1. The Hall–Kier alpha value is -1.04. The van der Waals surface area contributed by atoms with Crippen LogP contribution >= 0.6 is 11.8 Å². The smallest absolute Gasteiger partial charge is 0.230 e.